The molecule has 7 nitrogen and oxygen atoms in total. The highest BCUT2D eigenvalue weighted by Crippen LogP contribution is 2.19. The number of nitro benzene ring substituents is 1. The Morgan fingerprint density at radius 3 is 2.83 bits per heavy atom. The van der Waals surface area contributed by atoms with Crippen LogP contribution < -0.4 is 0 Å². The second kappa shape index (κ2) is 8.11. The van der Waals surface area contributed by atoms with Crippen LogP contribution in [0, 0.1) is 15.9 Å². The lowest BCUT2D eigenvalue weighted by Gasteiger charge is -2.22. The third kappa shape index (κ3) is 4.32. The topological polar surface area (TPSA) is 85.6 Å². The number of non-ortho nitro benzene ring substituents is 1. The molecule has 0 aliphatic heterocycles. The Hall–Kier alpha value is -2.87. The largest absolute Gasteiger partial charge is 0.383 e. The average molecular weight is 333 g/mol. The monoisotopic (exact) mass is 333 g/mol. The Kier molecular flexibility index (Phi) is 5.91. The molecule has 2 rings (SSSR count). The van der Waals surface area contributed by atoms with E-state index in [2.05, 4.69) is 4.98 Å². The summed E-state index contributed by atoms with van der Waals surface area (Å²) in [5, 5.41) is 10.8. The predicted molar refractivity (Wildman–Crippen MR) is 83.9 cm³/mol. The number of aromatic nitrogens is 1. The van der Waals surface area contributed by atoms with Crippen LogP contribution in [0.3, 0.4) is 0 Å². The number of hydrogen-bond acceptors (Lipinski definition) is 5. The van der Waals surface area contributed by atoms with Crippen molar-refractivity contribution in [2.75, 3.05) is 20.3 Å². The molecule has 1 aromatic heterocycles. The minimum absolute atomic E-state index is 0.193. The second-order valence-electron chi connectivity index (χ2n) is 5.00. The minimum atomic E-state index is -0.806. The maximum atomic E-state index is 14.0. The van der Waals surface area contributed by atoms with Crippen LogP contribution in [0.25, 0.3) is 0 Å². The summed E-state index contributed by atoms with van der Waals surface area (Å²) in [5.41, 5.74) is 0.0739. The highest BCUT2D eigenvalue weighted by atomic mass is 19.1. The van der Waals surface area contributed by atoms with Gasteiger partial charge in [0.2, 0.25) is 0 Å². The van der Waals surface area contributed by atoms with Gasteiger partial charge in [-0.15, -0.1) is 0 Å². The number of pyridine rings is 1. The van der Waals surface area contributed by atoms with Gasteiger partial charge in [-0.25, -0.2) is 4.39 Å². The predicted octanol–water partition coefficient (Wildman–Crippen LogP) is 2.42. The number of nitro groups is 1. The molecule has 0 saturated carbocycles. The number of benzene rings is 1. The minimum Gasteiger partial charge on any atom is -0.383 e. The van der Waals surface area contributed by atoms with E-state index in [1.54, 1.807) is 24.5 Å². The van der Waals surface area contributed by atoms with Crippen LogP contribution in [0.15, 0.2) is 42.7 Å². The van der Waals surface area contributed by atoms with Crippen molar-refractivity contribution in [3.8, 4) is 0 Å². The van der Waals surface area contributed by atoms with Crippen molar-refractivity contribution in [1.29, 1.82) is 0 Å². The molecule has 0 radical (unpaired) electrons. The number of nitrogens with zero attached hydrogens (tertiary/aromatic N) is 3. The van der Waals surface area contributed by atoms with Gasteiger partial charge < -0.3 is 9.64 Å². The van der Waals surface area contributed by atoms with Gasteiger partial charge in [0.15, 0.2) is 0 Å². The van der Waals surface area contributed by atoms with Gasteiger partial charge in [0.05, 0.1) is 17.1 Å². The summed E-state index contributed by atoms with van der Waals surface area (Å²) in [5.74, 6) is -1.45. The molecule has 24 heavy (non-hydrogen) atoms. The number of carbonyl (C=O) groups excluding carboxylic acids is 1. The Morgan fingerprint density at radius 1 is 1.42 bits per heavy atom. The van der Waals surface area contributed by atoms with Crippen molar-refractivity contribution in [3.05, 3.63) is 69.8 Å². The standard InChI is InChI=1S/C16H16FN3O4/c1-24-8-7-19(11-12-3-2-6-18-10-12)16(21)14-9-13(20(22)23)4-5-15(14)17/h2-6,9-10H,7-8,11H2,1H3. The molecule has 0 aliphatic rings. The van der Waals surface area contributed by atoms with Gasteiger partial charge in [0.25, 0.3) is 11.6 Å². The smallest absolute Gasteiger partial charge is 0.270 e. The fourth-order valence-corrected chi connectivity index (χ4v) is 2.13. The van der Waals surface area contributed by atoms with Crippen LogP contribution in [-0.4, -0.2) is 41.0 Å². The number of hydrogen-bond donors (Lipinski definition) is 0. The maximum Gasteiger partial charge on any atom is 0.270 e. The summed E-state index contributed by atoms with van der Waals surface area (Å²) in [6.45, 7) is 0.660. The van der Waals surface area contributed by atoms with Gasteiger partial charge in [-0.05, 0) is 17.7 Å². The molecule has 2 aromatic rings. The molecule has 1 amide bonds. The molecular formula is C16H16FN3O4. The van der Waals surface area contributed by atoms with Crippen LogP contribution >= 0.6 is 0 Å². The lowest BCUT2D eigenvalue weighted by Crippen LogP contribution is -2.34. The first-order valence-corrected chi connectivity index (χ1v) is 7.14. The van der Waals surface area contributed by atoms with Crippen LogP contribution in [0.1, 0.15) is 15.9 Å². The molecule has 1 aromatic carbocycles. The molecule has 0 atom stereocenters. The molecule has 126 valence electrons. The first kappa shape index (κ1) is 17.5. The summed E-state index contributed by atoms with van der Waals surface area (Å²) in [6.07, 6.45) is 3.20. The summed E-state index contributed by atoms with van der Waals surface area (Å²) in [6, 6.07) is 6.39. The fraction of sp³-hybridized carbons (Fsp3) is 0.250. The molecule has 0 spiro atoms. The molecule has 0 bridgehead atoms. The third-order valence-corrected chi connectivity index (χ3v) is 3.34. The van der Waals surface area contributed by atoms with E-state index in [4.69, 9.17) is 4.74 Å². The summed E-state index contributed by atoms with van der Waals surface area (Å²) in [7, 11) is 1.49. The van der Waals surface area contributed by atoms with E-state index < -0.39 is 16.6 Å². The highest BCUT2D eigenvalue weighted by Gasteiger charge is 2.22. The van der Waals surface area contributed by atoms with Crippen molar-refractivity contribution >= 4 is 11.6 Å². The maximum absolute atomic E-state index is 14.0. The summed E-state index contributed by atoms with van der Waals surface area (Å²) >= 11 is 0. The molecule has 0 saturated heterocycles. The van der Waals surface area contributed by atoms with Crippen LogP contribution in [0.5, 0.6) is 0 Å². The number of methoxy groups -OCH3 is 1. The summed E-state index contributed by atoms with van der Waals surface area (Å²) < 4.78 is 19.0. The van der Waals surface area contributed by atoms with Gasteiger partial charge in [-0.2, -0.15) is 0 Å². The Bertz CT molecular complexity index is 725. The van der Waals surface area contributed by atoms with E-state index in [-0.39, 0.29) is 30.9 Å². The zero-order chi connectivity index (χ0) is 17.5. The van der Waals surface area contributed by atoms with E-state index in [9.17, 15) is 19.3 Å². The molecule has 1 heterocycles. The first-order valence-electron chi connectivity index (χ1n) is 7.14. The van der Waals surface area contributed by atoms with Gasteiger partial charge >= 0.3 is 0 Å². The van der Waals surface area contributed by atoms with E-state index in [1.165, 1.54) is 12.0 Å². The molecule has 0 aliphatic carbocycles. The number of ether oxygens (including phenoxy) is 1. The van der Waals surface area contributed by atoms with Crippen LogP contribution in [0.2, 0.25) is 0 Å². The number of amides is 1. The van der Waals surface area contributed by atoms with E-state index in [0.29, 0.717) is 0 Å². The van der Waals surface area contributed by atoms with Crippen molar-refractivity contribution in [2.45, 2.75) is 6.54 Å². The Labute approximate surface area is 137 Å². The third-order valence-electron chi connectivity index (χ3n) is 3.34. The van der Waals surface area contributed by atoms with E-state index in [0.717, 1.165) is 23.8 Å². The van der Waals surface area contributed by atoms with Gasteiger partial charge in [-0.3, -0.25) is 19.9 Å². The zero-order valence-electron chi connectivity index (χ0n) is 13.0. The fourth-order valence-electron chi connectivity index (χ4n) is 2.13. The van der Waals surface area contributed by atoms with Crippen molar-refractivity contribution in [1.82, 2.24) is 9.88 Å². The zero-order valence-corrected chi connectivity index (χ0v) is 13.0. The van der Waals surface area contributed by atoms with Gasteiger partial charge in [0.1, 0.15) is 5.82 Å². The number of carbonyl (C=O) groups is 1. The first-order chi connectivity index (χ1) is 11.5. The van der Waals surface area contributed by atoms with Crippen LogP contribution in [0.4, 0.5) is 10.1 Å². The van der Waals surface area contributed by atoms with E-state index in [1.807, 2.05) is 0 Å². The molecule has 8 heteroatoms. The highest BCUT2D eigenvalue weighted by molar-refractivity contribution is 5.95. The average Bonchev–Trinajstić information content (AvgIpc) is 2.59. The Balaban J connectivity index is 2.30. The molecule has 0 unspecified atom stereocenters. The molecular weight excluding hydrogens is 317 g/mol. The van der Waals surface area contributed by atoms with Gasteiger partial charge in [0, 0.05) is 44.7 Å². The SMILES string of the molecule is COCCN(Cc1cccnc1)C(=O)c1cc([N+](=O)[O-])ccc1F. The van der Waals surface area contributed by atoms with Crippen molar-refractivity contribution in [2.24, 2.45) is 0 Å². The number of rotatable bonds is 7. The van der Waals surface area contributed by atoms with Crippen molar-refractivity contribution < 1.29 is 18.8 Å². The van der Waals surface area contributed by atoms with Crippen molar-refractivity contribution in [3.63, 3.8) is 0 Å². The Morgan fingerprint density at radius 2 is 2.21 bits per heavy atom. The molecule has 0 N–H and O–H groups in total. The quantitative estimate of drug-likeness (QED) is 0.574. The number of halogens is 1. The van der Waals surface area contributed by atoms with E-state index >= 15 is 0 Å². The second-order valence-corrected chi connectivity index (χ2v) is 5.00. The molecule has 0 fully saturated rings. The van der Waals surface area contributed by atoms with Crippen LogP contribution in [-0.2, 0) is 11.3 Å². The van der Waals surface area contributed by atoms with Gasteiger partial charge in [-0.1, -0.05) is 6.07 Å². The lowest BCUT2D eigenvalue weighted by atomic mass is 10.1. The summed E-state index contributed by atoms with van der Waals surface area (Å²) in [4.78, 5) is 28.2. The lowest BCUT2D eigenvalue weighted by molar-refractivity contribution is -0.384. The normalized spacial score (nSPS) is 10.4.